The van der Waals surface area contributed by atoms with Crippen LogP contribution in [0.2, 0.25) is 0 Å². The van der Waals surface area contributed by atoms with Gasteiger partial charge in [0.25, 0.3) is 0 Å². The summed E-state index contributed by atoms with van der Waals surface area (Å²) in [6.07, 6.45) is 0.700. The van der Waals surface area contributed by atoms with Crippen LogP contribution < -0.4 is 4.72 Å². The summed E-state index contributed by atoms with van der Waals surface area (Å²) in [7, 11) is -4.06. The van der Waals surface area contributed by atoms with Gasteiger partial charge in [0.15, 0.2) is 0 Å². The third-order valence-electron chi connectivity index (χ3n) is 3.55. The molecule has 1 atom stereocenters. The first-order valence-corrected chi connectivity index (χ1v) is 8.51. The van der Waals surface area contributed by atoms with Crippen LogP contribution in [0.1, 0.15) is 13.3 Å². The SMILES string of the molecule is CC1CCOCCN1C(=O)CNS(=O)(=O)c1ccccc1F. The van der Waals surface area contributed by atoms with E-state index in [9.17, 15) is 17.6 Å². The van der Waals surface area contributed by atoms with Crippen molar-refractivity contribution in [3.05, 3.63) is 30.1 Å². The molecule has 1 fully saturated rings. The number of amides is 1. The molecule has 1 aromatic rings. The highest BCUT2D eigenvalue weighted by Crippen LogP contribution is 2.13. The number of hydrogen-bond donors (Lipinski definition) is 1. The monoisotopic (exact) mass is 330 g/mol. The van der Waals surface area contributed by atoms with Crippen molar-refractivity contribution in [3.8, 4) is 0 Å². The first kappa shape index (κ1) is 16.9. The second kappa shape index (κ2) is 7.17. The second-order valence-electron chi connectivity index (χ2n) is 5.09. The van der Waals surface area contributed by atoms with E-state index in [0.717, 1.165) is 12.1 Å². The molecule has 122 valence electrons. The number of nitrogens with zero attached hydrogens (tertiary/aromatic N) is 1. The van der Waals surface area contributed by atoms with Crippen LogP contribution in [0.15, 0.2) is 29.2 Å². The van der Waals surface area contributed by atoms with Gasteiger partial charge in [0.2, 0.25) is 15.9 Å². The Balaban J connectivity index is 2.02. The zero-order valence-electron chi connectivity index (χ0n) is 12.3. The summed E-state index contributed by atoms with van der Waals surface area (Å²) < 4.78 is 45.1. The van der Waals surface area contributed by atoms with E-state index < -0.39 is 27.3 Å². The van der Waals surface area contributed by atoms with E-state index in [1.807, 2.05) is 6.92 Å². The van der Waals surface area contributed by atoms with Gasteiger partial charge in [-0.15, -0.1) is 0 Å². The third-order valence-corrected chi connectivity index (χ3v) is 4.98. The normalized spacial score (nSPS) is 19.7. The molecular formula is C14H19FN2O4S. The van der Waals surface area contributed by atoms with Crippen LogP contribution in [0.3, 0.4) is 0 Å². The predicted molar refractivity (Wildman–Crippen MR) is 78.2 cm³/mol. The van der Waals surface area contributed by atoms with Crippen LogP contribution in [0.25, 0.3) is 0 Å². The average molecular weight is 330 g/mol. The zero-order chi connectivity index (χ0) is 16.2. The molecule has 0 saturated carbocycles. The molecule has 1 saturated heterocycles. The van der Waals surface area contributed by atoms with Crippen molar-refractivity contribution in [2.75, 3.05) is 26.3 Å². The molecule has 1 unspecified atom stereocenters. The number of benzene rings is 1. The zero-order valence-corrected chi connectivity index (χ0v) is 13.1. The van der Waals surface area contributed by atoms with Crippen molar-refractivity contribution in [2.45, 2.75) is 24.3 Å². The summed E-state index contributed by atoms with van der Waals surface area (Å²) in [5, 5.41) is 0. The molecule has 1 aliphatic heterocycles. The van der Waals surface area contributed by atoms with Crippen molar-refractivity contribution in [1.29, 1.82) is 0 Å². The van der Waals surface area contributed by atoms with Crippen molar-refractivity contribution in [1.82, 2.24) is 9.62 Å². The number of carbonyl (C=O) groups is 1. The summed E-state index contributed by atoms with van der Waals surface area (Å²) in [6, 6.07) is 5.02. The van der Waals surface area contributed by atoms with E-state index in [1.54, 1.807) is 4.90 Å². The van der Waals surface area contributed by atoms with Gasteiger partial charge in [-0.1, -0.05) is 12.1 Å². The van der Waals surface area contributed by atoms with Crippen LogP contribution in [0, 0.1) is 5.82 Å². The van der Waals surface area contributed by atoms with Gasteiger partial charge in [-0.3, -0.25) is 4.79 Å². The maximum atomic E-state index is 13.5. The highest BCUT2D eigenvalue weighted by Gasteiger charge is 2.25. The minimum atomic E-state index is -4.06. The van der Waals surface area contributed by atoms with E-state index in [4.69, 9.17) is 4.74 Å². The van der Waals surface area contributed by atoms with Gasteiger partial charge in [-0.25, -0.2) is 17.5 Å². The van der Waals surface area contributed by atoms with Gasteiger partial charge in [-0.05, 0) is 25.5 Å². The van der Waals surface area contributed by atoms with Gasteiger partial charge < -0.3 is 9.64 Å². The molecule has 1 aliphatic rings. The first-order chi connectivity index (χ1) is 10.4. The van der Waals surface area contributed by atoms with Crippen LogP contribution >= 0.6 is 0 Å². The van der Waals surface area contributed by atoms with Gasteiger partial charge in [0.05, 0.1) is 13.2 Å². The Kier molecular flexibility index (Phi) is 5.49. The fourth-order valence-corrected chi connectivity index (χ4v) is 3.32. The van der Waals surface area contributed by atoms with Crippen LogP contribution in [0.4, 0.5) is 4.39 Å². The molecule has 22 heavy (non-hydrogen) atoms. The maximum Gasteiger partial charge on any atom is 0.243 e. The summed E-state index contributed by atoms with van der Waals surface area (Å²) in [4.78, 5) is 13.3. The number of hydrogen-bond acceptors (Lipinski definition) is 4. The lowest BCUT2D eigenvalue weighted by atomic mass is 10.2. The minimum absolute atomic E-state index is 0.0204. The Morgan fingerprint density at radius 3 is 2.86 bits per heavy atom. The molecule has 1 heterocycles. The fourth-order valence-electron chi connectivity index (χ4n) is 2.26. The molecule has 1 N–H and O–H groups in total. The Morgan fingerprint density at radius 2 is 2.14 bits per heavy atom. The molecule has 1 amide bonds. The third kappa shape index (κ3) is 4.02. The number of nitrogens with one attached hydrogen (secondary N) is 1. The standard InChI is InChI=1S/C14H19FN2O4S/c1-11-6-8-21-9-7-17(11)14(18)10-16-22(19,20)13-5-3-2-4-12(13)15/h2-5,11,16H,6-10H2,1H3. The van der Waals surface area contributed by atoms with Gasteiger partial charge in [-0.2, -0.15) is 0 Å². The quantitative estimate of drug-likeness (QED) is 0.883. The van der Waals surface area contributed by atoms with E-state index in [2.05, 4.69) is 4.72 Å². The van der Waals surface area contributed by atoms with E-state index in [-0.39, 0.29) is 11.9 Å². The Morgan fingerprint density at radius 1 is 1.41 bits per heavy atom. The molecule has 0 aliphatic carbocycles. The molecular weight excluding hydrogens is 311 g/mol. The van der Waals surface area contributed by atoms with Gasteiger partial charge in [0.1, 0.15) is 10.7 Å². The Labute approximate surface area is 129 Å². The molecule has 2 rings (SSSR count). The summed E-state index contributed by atoms with van der Waals surface area (Å²) in [5.41, 5.74) is 0. The first-order valence-electron chi connectivity index (χ1n) is 7.03. The number of carbonyl (C=O) groups excluding carboxylic acids is 1. The Hall–Kier alpha value is -1.51. The molecule has 0 bridgehead atoms. The smallest absolute Gasteiger partial charge is 0.243 e. The number of halogens is 1. The molecule has 8 heteroatoms. The van der Waals surface area contributed by atoms with Crippen LogP contribution in [-0.4, -0.2) is 51.6 Å². The van der Waals surface area contributed by atoms with Gasteiger partial charge in [0, 0.05) is 19.2 Å². The molecule has 0 spiro atoms. The van der Waals surface area contributed by atoms with Crippen LogP contribution in [0.5, 0.6) is 0 Å². The summed E-state index contributed by atoms with van der Waals surface area (Å²) >= 11 is 0. The highest BCUT2D eigenvalue weighted by atomic mass is 32.2. The van der Waals surface area contributed by atoms with Gasteiger partial charge >= 0.3 is 0 Å². The lowest BCUT2D eigenvalue weighted by molar-refractivity contribution is -0.131. The molecule has 0 aromatic heterocycles. The lowest BCUT2D eigenvalue weighted by Gasteiger charge is -2.26. The largest absolute Gasteiger partial charge is 0.380 e. The van der Waals surface area contributed by atoms with Crippen molar-refractivity contribution in [2.24, 2.45) is 0 Å². The van der Waals surface area contributed by atoms with E-state index in [0.29, 0.717) is 26.2 Å². The Bertz CT molecular complexity index is 635. The predicted octanol–water partition coefficient (Wildman–Crippen LogP) is 0.741. The van der Waals surface area contributed by atoms with Crippen molar-refractivity contribution < 1.29 is 22.3 Å². The highest BCUT2D eigenvalue weighted by molar-refractivity contribution is 7.89. The molecule has 1 aromatic carbocycles. The average Bonchev–Trinajstić information content (AvgIpc) is 2.70. The number of rotatable bonds is 4. The van der Waals surface area contributed by atoms with E-state index >= 15 is 0 Å². The second-order valence-corrected chi connectivity index (χ2v) is 6.83. The van der Waals surface area contributed by atoms with E-state index in [1.165, 1.54) is 12.1 Å². The van der Waals surface area contributed by atoms with Crippen molar-refractivity contribution in [3.63, 3.8) is 0 Å². The number of sulfonamides is 1. The summed E-state index contributed by atoms with van der Waals surface area (Å²) in [5.74, 6) is -1.20. The minimum Gasteiger partial charge on any atom is -0.380 e. The van der Waals surface area contributed by atoms with Crippen molar-refractivity contribution >= 4 is 15.9 Å². The lowest BCUT2D eigenvalue weighted by Crippen LogP contribution is -2.45. The fraction of sp³-hybridized carbons (Fsp3) is 0.500. The topological polar surface area (TPSA) is 75.7 Å². The molecule has 0 radical (unpaired) electrons. The molecule has 6 nitrogen and oxygen atoms in total. The maximum absolute atomic E-state index is 13.5. The van der Waals surface area contributed by atoms with Crippen LogP contribution in [-0.2, 0) is 19.6 Å². The number of ether oxygens (including phenoxy) is 1. The summed E-state index contributed by atoms with van der Waals surface area (Å²) in [6.45, 7) is 2.91.